The van der Waals surface area contributed by atoms with E-state index in [-0.39, 0.29) is 5.78 Å². The molecule has 124 valence electrons. The summed E-state index contributed by atoms with van der Waals surface area (Å²) in [6, 6.07) is 16.7. The molecule has 0 saturated carbocycles. The number of ether oxygens (including phenoxy) is 2. The van der Waals surface area contributed by atoms with Crippen LogP contribution in [0.3, 0.4) is 0 Å². The van der Waals surface area contributed by atoms with E-state index in [1.807, 2.05) is 36.4 Å². The second-order valence-corrected chi connectivity index (χ2v) is 5.87. The first-order chi connectivity index (χ1) is 11.7. The summed E-state index contributed by atoms with van der Waals surface area (Å²) >= 11 is 0. The molecule has 1 aliphatic rings. The van der Waals surface area contributed by atoms with Crippen molar-refractivity contribution in [2.45, 2.75) is 31.5 Å². The van der Waals surface area contributed by atoms with Gasteiger partial charge < -0.3 is 9.47 Å². The number of fused-ring (bicyclic) bond motifs is 1. The predicted octanol–water partition coefficient (Wildman–Crippen LogP) is 3.51. The highest BCUT2D eigenvalue weighted by Gasteiger charge is 2.31. The van der Waals surface area contributed by atoms with Crippen molar-refractivity contribution in [1.82, 2.24) is 0 Å². The molecule has 4 heteroatoms. The summed E-state index contributed by atoms with van der Waals surface area (Å²) in [6.07, 6.45) is 0.594. The van der Waals surface area contributed by atoms with E-state index in [0.717, 1.165) is 18.4 Å². The fourth-order valence-corrected chi connectivity index (χ4v) is 3.07. The molecule has 0 bridgehead atoms. The summed E-state index contributed by atoms with van der Waals surface area (Å²) in [5.74, 6) is -0.652. The Morgan fingerprint density at radius 3 is 2.54 bits per heavy atom. The Kier molecular flexibility index (Phi) is 5.06. The number of carbonyl (C=O) groups is 2. The van der Waals surface area contributed by atoms with Crippen molar-refractivity contribution >= 4 is 11.8 Å². The smallest absolute Gasteiger partial charge is 0.340 e. The molecule has 0 N–H and O–H groups in total. The fourth-order valence-electron chi connectivity index (χ4n) is 3.07. The Labute approximate surface area is 141 Å². The minimum Gasteiger partial charge on any atom is -0.452 e. The predicted molar refractivity (Wildman–Crippen MR) is 89.8 cm³/mol. The lowest BCUT2D eigenvalue weighted by atomic mass is 10.0. The van der Waals surface area contributed by atoms with Crippen LogP contribution in [0.4, 0.5) is 0 Å². The van der Waals surface area contributed by atoms with Crippen molar-refractivity contribution in [2.75, 3.05) is 7.11 Å². The Morgan fingerprint density at radius 1 is 1.08 bits per heavy atom. The van der Waals surface area contributed by atoms with Gasteiger partial charge in [0.05, 0.1) is 0 Å². The topological polar surface area (TPSA) is 52.6 Å². The maximum atomic E-state index is 12.7. The summed E-state index contributed by atoms with van der Waals surface area (Å²) in [5.41, 5.74) is 2.39. The largest absolute Gasteiger partial charge is 0.452 e. The number of carbonyl (C=O) groups excluding carboxylic acids is 2. The van der Waals surface area contributed by atoms with Crippen LogP contribution in [0.2, 0.25) is 0 Å². The van der Waals surface area contributed by atoms with Crippen molar-refractivity contribution < 1.29 is 19.1 Å². The van der Waals surface area contributed by atoms with E-state index in [1.165, 1.54) is 7.11 Å². The van der Waals surface area contributed by atoms with Gasteiger partial charge in [0.25, 0.3) is 0 Å². The zero-order valence-corrected chi connectivity index (χ0v) is 13.6. The molecule has 24 heavy (non-hydrogen) atoms. The monoisotopic (exact) mass is 324 g/mol. The maximum Gasteiger partial charge on any atom is 0.340 e. The molecule has 2 atom stereocenters. The van der Waals surface area contributed by atoms with Gasteiger partial charge in [-0.05, 0) is 30.4 Å². The lowest BCUT2D eigenvalue weighted by Crippen LogP contribution is -2.30. The highest BCUT2D eigenvalue weighted by Crippen LogP contribution is 2.25. The van der Waals surface area contributed by atoms with Crippen LogP contribution in [0.1, 0.15) is 40.4 Å². The van der Waals surface area contributed by atoms with Gasteiger partial charge in [-0.2, -0.15) is 0 Å². The SMILES string of the molecule is CO[C@@H](C(=O)O[C@@H]1CCCc2ccccc2C1=O)c1ccccc1. The zero-order chi connectivity index (χ0) is 16.9. The Balaban J connectivity index is 1.77. The number of hydrogen-bond acceptors (Lipinski definition) is 4. The van der Waals surface area contributed by atoms with Gasteiger partial charge in [-0.25, -0.2) is 4.79 Å². The first-order valence-electron chi connectivity index (χ1n) is 8.11. The van der Waals surface area contributed by atoms with E-state index >= 15 is 0 Å². The van der Waals surface area contributed by atoms with E-state index in [4.69, 9.17) is 9.47 Å². The summed E-state index contributed by atoms with van der Waals surface area (Å²) in [7, 11) is 1.46. The molecule has 0 amide bonds. The fraction of sp³-hybridized carbons (Fsp3) is 0.300. The molecule has 0 saturated heterocycles. The lowest BCUT2D eigenvalue weighted by Gasteiger charge is -2.19. The average Bonchev–Trinajstić information content (AvgIpc) is 2.76. The van der Waals surface area contributed by atoms with E-state index in [2.05, 4.69) is 0 Å². The van der Waals surface area contributed by atoms with Crippen LogP contribution < -0.4 is 0 Å². The number of rotatable bonds is 4. The van der Waals surface area contributed by atoms with Gasteiger partial charge in [-0.1, -0.05) is 54.6 Å². The summed E-state index contributed by atoms with van der Waals surface area (Å²) < 4.78 is 10.8. The van der Waals surface area contributed by atoms with Crippen LogP contribution in [0.15, 0.2) is 54.6 Å². The van der Waals surface area contributed by atoms with Crippen LogP contribution in [0.25, 0.3) is 0 Å². The molecule has 4 nitrogen and oxygen atoms in total. The van der Waals surface area contributed by atoms with Crippen molar-refractivity contribution in [2.24, 2.45) is 0 Å². The summed E-state index contributed by atoms with van der Waals surface area (Å²) in [6.45, 7) is 0. The molecule has 2 aromatic rings. The standard InChI is InChI=1S/C20H20O4/c1-23-19(15-9-3-2-4-10-15)20(22)24-17-13-7-11-14-8-5-6-12-16(14)18(17)21/h2-6,8-10,12,17,19H,7,11,13H2,1H3/t17-,19-/m1/s1. The van der Waals surface area contributed by atoms with E-state index in [1.54, 1.807) is 18.2 Å². The molecule has 0 fully saturated rings. The van der Waals surface area contributed by atoms with Crippen molar-refractivity contribution in [3.8, 4) is 0 Å². The quantitative estimate of drug-likeness (QED) is 0.638. The van der Waals surface area contributed by atoms with Crippen molar-refractivity contribution in [1.29, 1.82) is 0 Å². The van der Waals surface area contributed by atoms with Crippen LogP contribution in [0.5, 0.6) is 0 Å². The lowest BCUT2D eigenvalue weighted by molar-refractivity contribution is -0.159. The maximum absolute atomic E-state index is 12.7. The average molecular weight is 324 g/mol. The van der Waals surface area contributed by atoms with Crippen molar-refractivity contribution in [3.05, 3.63) is 71.3 Å². The zero-order valence-electron chi connectivity index (χ0n) is 13.6. The van der Waals surface area contributed by atoms with Crippen molar-refractivity contribution in [3.63, 3.8) is 0 Å². The number of aryl methyl sites for hydroxylation is 1. The molecule has 0 unspecified atom stereocenters. The van der Waals surface area contributed by atoms with E-state index in [9.17, 15) is 9.59 Å². The van der Waals surface area contributed by atoms with Gasteiger partial charge in [0.15, 0.2) is 12.2 Å². The van der Waals surface area contributed by atoms with Gasteiger partial charge in [-0.3, -0.25) is 4.79 Å². The second-order valence-electron chi connectivity index (χ2n) is 5.87. The highest BCUT2D eigenvalue weighted by molar-refractivity contribution is 6.02. The minimum absolute atomic E-state index is 0.126. The first-order valence-corrected chi connectivity index (χ1v) is 8.11. The Hall–Kier alpha value is -2.46. The first kappa shape index (κ1) is 16.4. The van der Waals surface area contributed by atoms with Crippen LogP contribution in [0, 0.1) is 0 Å². The second kappa shape index (κ2) is 7.41. The summed E-state index contributed by atoms with van der Waals surface area (Å²) in [4.78, 5) is 25.2. The molecule has 3 rings (SSSR count). The third-order valence-electron chi connectivity index (χ3n) is 4.30. The van der Waals surface area contributed by atoms with Gasteiger partial charge >= 0.3 is 5.97 Å². The Bertz CT molecular complexity index is 723. The van der Waals surface area contributed by atoms with Gasteiger partial charge in [-0.15, -0.1) is 0 Å². The van der Waals surface area contributed by atoms with E-state index in [0.29, 0.717) is 17.5 Å². The molecule has 0 aliphatic heterocycles. The number of benzene rings is 2. The number of esters is 1. The number of methoxy groups -OCH3 is 1. The normalized spacial score (nSPS) is 18.4. The number of Topliss-reactive ketones (excluding diaryl/α,β-unsaturated/α-hetero) is 1. The van der Waals surface area contributed by atoms with Crippen LogP contribution in [-0.2, 0) is 20.7 Å². The summed E-state index contributed by atoms with van der Waals surface area (Å²) in [5, 5.41) is 0. The third kappa shape index (κ3) is 3.39. The van der Waals surface area contributed by atoms with Crippen LogP contribution >= 0.6 is 0 Å². The van der Waals surface area contributed by atoms with Gasteiger partial charge in [0.2, 0.25) is 5.78 Å². The minimum atomic E-state index is -0.822. The molecular weight excluding hydrogens is 304 g/mol. The number of hydrogen-bond donors (Lipinski definition) is 0. The molecular formula is C20H20O4. The molecule has 1 aliphatic carbocycles. The molecule has 0 heterocycles. The molecule has 0 aromatic heterocycles. The van der Waals surface area contributed by atoms with E-state index < -0.39 is 18.2 Å². The number of ketones is 1. The van der Waals surface area contributed by atoms with Crippen LogP contribution in [-0.4, -0.2) is 25.0 Å². The molecule has 0 radical (unpaired) electrons. The van der Waals surface area contributed by atoms with Gasteiger partial charge in [0, 0.05) is 12.7 Å². The molecule has 0 spiro atoms. The molecule has 2 aromatic carbocycles. The third-order valence-corrected chi connectivity index (χ3v) is 4.30. The van der Waals surface area contributed by atoms with Gasteiger partial charge in [0.1, 0.15) is 0 Å². The Morgan fingerprint density at radius 2 is 1.79 bits per heavy atom. The highest BCUT2D eigenvalue weighted by atomic mass is 16.6.